The molecule has 0 unspecified atom stereocenters. The summed E-state index contributed by atoms with van der Waals surface area (Å²) < 4.78 is 0. The fourth-order valence-electron chi connectivity index (χ4n) is 18.0. The first-order valence-electron chi connectivity index (χ1n) is 37.8. The lowest BCUT2D eigenvalue weighted by atomic mass is 9.65. The molecule has 0 N–H and O–H groups in total. The minimum Gasteiger partial charge on any atom is -0.310 e. The van der Waals surface area contributed by atoms with Crippen molar-refractivity contribution >= 4 is 34.1 Å². The van der Waals surface area contributed by atoms with Crippen LogP contribution in [0.4, 0.5) is 34.1 Å². The zero-order valence-corrected chi connectivity index (χ0v) is 62.9. The summed E-state index contributed by atoms with van der Waals surface area (Å²) in [6.45, 7) is 26.5. The topological polar surface area (TPSA) is 6.48 Å². The summed E-state index contributed by atoms with van der Waals surface area (Å²) in [6.07, 6.45) is 4.88. The number of rotatable bonds is 10. The first-order valence-corrected chi connectivity index (χ1v) is 37.8. The van der Waals surface area contributed by atoms with Gasteiger partial charge in [-0.05, 0) is 279 Å². The van der Waals surface area contributed by atoms with Gasteiger partial charge in [0.25, 0.3) is 0 Å². The predicted octanol–water partition coefficient (Wildman–Crippen LogP) is 27.6. The molecule has 107 heavy (non-hydrogen) atoms. The van der Waals surface area contributed by atoms with Crippen molar-refractivity contribution in [3.63, 3.8) is 0 Å². The first-order chi connectivity index (χ1) is 50.8. The maximum Gasteiger partial charge on any atom is 0.0713 e. The molecule has 0 radical (unpaired) electrons. The second kappa shape index (κ2) is 27.9. The molecule has 5 aliphatic rings. The highest BCUT2D eigenvalue weighted by Gasteiger charge is 2.49. The van der Waals surface area contributed by atoms with Gasteiger partial charge in [0.05, 0.1) is 10.8 Å². The van der Waals surface area contributed by atoms with Crippen LogP contribution in [0.5, 0.6) is 0 Å². The third kappa shape index (κ3) is 12.2. The lowest BCUT2D eigenvalue weighted by Gasteiger charge is -2.37. The number of fused-ring (bicyclic) bond motifs is 11. The van der Waals surface area contributed by atoms with Crippen LogP contribution in [0, 0.1) is 69.2 Å². The molecule has 0 aromatic heterocycles. The van der Waals surface area contributed by atoms with Crippen LogP contribution >= 0.6 is 0 Å². The average Bonchev–Trinajstić information content (AvgIpc) is 1.55. The number of hydrogen-bond acceptors (Lipinski definition) is 2. The summed E-state index contributed by atoms with van der Waals surface area (Å²) in [6, 6.07) is 110. The summed E-state index contributed by atoms with van der Waals surface area (Å²) in [5.74, 6) is 0. The van der Waals surface area contributed by atoms with Crippen molar-refractivity contribution in [2.24, 2.45) is 0 Å². The Kier molecular flexibility index (Phi) is 18.6. The van der Waals surface area contributed by atoms with Gasteiger partial charge in [-0.3, -0.25) is 0 Å². The molecule has 0 saturated heterocycles. The Hall–Kier alpha value is -11.3. The van der Waals surface area contributed by atoms with Crippen LogP contribution in [-0.2, 0) is 41.9 Å². The van der Waals surface area contributed by atoms with E-state index in [1.165, 1.54) is 204 Å². The Morgan fingerprint density at radius 1 is 0.206 bits per heavy atom. The van der Waals surface area contributed by atoms with E-state index in [-0.39, 0.29) is 31.1 Å². The Labute approximate surface area is 637 Å². The van der Waals surface area contributed by atoms with Crippen LogP contribution in [0.1, 0.15) is 162 Å². The van der Waals surface area contributed by atoms with Gasteiger partial charge in [0, 0.05) is 39.5 Å². The molecule has 2 nitrogen and oxygen atoms in total. The minimum atomic E-state index is -0.291. The molecule has 530 valence electrons. The highest BCUT2D eigenvalue weighted by Crippen LogP contribution is 2.60. The van der Waals surface area contributed by atoms with Gasteiger partial charge < -0.3 is 9.80 Å². The van der Waals surface area contributed by atoms with Gasteiger partial charge in [-0.2, -0.15) is 0 Å². The van der Waals surface area contributed by atoms with Crippen molar-refractivity contribution in [1.29, 1.82) is 0 Å². The molecule has 0 atom stereocenters. The molecule has 0 amide bonds. The third-order valence-electron chi connectivity index (χ3n) is 23.7. The van der Waals surface area contributed by atoms with E-state index in [4.69, 9.17) is 0 Å². The van der Waals surface area contributed by atoms with E-state index in [1.54, 1.807) is 0 Å². The van der Waals surface area contributed by atoms with Gasteiger partial charge in [0.15, 0.2) is 0 Å². The molecule has 0 fully saturated rings. The summed E-state index contributed by atoms with van der Waals surface area (Å²) >= 11 is 0. The second-order valence-electron chi connectivity index (χ2n) is 31.5. The normalized spacial score (nSPS) is 13.9. The van der Waals surface area contributed by atoms with Crippen LogP contribution in [0.2, 0.25) is 0 Å². The molecular weight excluding hydrogens is 1290 g/mol. The van der Waals surface area contributed by atoms with Crippen LogP contribution in [-0.4, -0.2) is 0 Å². The molecule has 5 aliphatic carbocycles. The zero-order valence-electron chi connectivity index (χ0n) is 62.9. The molecule has 2 heteroatoms. The number of nitrogens with zero attached hydrogens (tertiary/aromatic N) is 2. The van der Waals surface area contributed by atoms with Gasteiger partial charge in [-0.15, -0.1) is 0 Å². The van der Waals surface area contributed by atoms with E-state index >= 15 is 0 Å². The number of anilines is 6. The summed E-state index contributed by atoms with van der Waals surface area (Å²) in [5, 5.41) is 0. The average molecular weight is 1390 g/mol. The Morgan fingerprint density at radius 2 is 0.449 bits per heavy atom. The first kappa shape index (κ1) is 71.3. The van der Waals surface area contributed by atoms with E-state index < -0.39 is 0 Å². The van der Waals surface area contributed by atoms with Gasteiger partial charge in [0.1, 0.15) is 0 Å². The van der Waals surface area contributed by atoms with Crippen molar-refractivity contribution < 1.29 is 0 Å². The summed E-state index contributed by atoms with van der Waals surface area (Å²) in [5.41, 5.74) is 47.4. The van der Waals surface area contributed by atoms with Gasteiger partial charge in [0.2, 0.25) is 0 Å². The smallest absolute Gasteiger partial charge is 0.0713 e. The molecule has 14 aromatic carbocycles. The summed E-state index contributed by atoms with van der Waals surface area (Å²) in [7, 11) is 0. The lowest BCUT2D eigenvalue weighted by Crippen LogP contribution is -2.30. The maximum atomic E-state index is 2.52. The van der Waals surface area contributed by atoms with Crippen molar-refractivity contribution in [3.8, 4) is 33.4 Å². The fraction of sp³-hybridized carbons (Fsp3) is 0.200. The van der Waals surface area contributed by atoms with Crippen LogP contribution in [0.25, 0.3) is 33.4 Å². The maximum absolute atomic E-state index is 2.52. The molecule has 19 rings (SSSR count). The SMILES string of the molecule is C.C.Cc1ccc(N(c2ccc(C)cc2)c2ccc3c(c2)C(C)(C)c2cc(N(c4ccc(C)cc4)c4ccc(C)cc4)ccc2-3)cc1.Cc1ccc2c(c1)C(c1ccc3c(c1)CC3)(c1ccc3c(c1)CC3)c1cc(C)ccc1-2.Cc1cccc(C2(c3cccc(C)c3)c3cc(C)ccc3-c3ccc(C)cc32)c1. The predicted molar refractivity (Wildman–Crippen MR) is 457 cm³/mol. The van der Waals surface area contributed by atoms with Crippen molar-refractivity contribution in [2.45, 2.75) is 140 Å². The molecule has 0 saturated carbocycles. The molecule has 0 bridgehead atoms. The van der Waals surface area contributed by atoms with Crippen LogP contribution < -0.4 is 9.80 Å². The van der Waals surface area contributed by atoms with E-state index in [9.17, 15) is 0 Å². The zero-order chi connectivity index (χ0) is 72.2. The largest absolute Gasteiger partial charge is 0.310 e. The van der Waals surface area contributed by atoms with Gasteiger partial charge in [-0.25, -0.2) is 0 Å². The number of benzene rings is 14. The number of aryl methyl sites for hydroxylation is 14. The highest BCUT2D eigenvalue weighted by atomic mass is 15.1. The summed E-state index contributed by atoms with van der Waals surface area (Å²) in [4.78, 5) is 4.75. The molecule has 0 aliphatic heterocycles. The van der Waals surface area contributed by atoms with Crippen LogP contribution in [0.3, 0.4) is 0 Å². The molecular formula is C105H100N2. The Bertz CT molecular complexity index is 5300. The quantitative estimate of drug-likeness (QED) is 0.135. The van der Waals surface area contributed by atoms with E-state index in [0.29, 0.717) is 0 Å². The standard InChI is InChI=1S/C43H40N2.C31H26.C29H26.2CH4/c1-29-7-15-33(16-8-29)44(34-17-9-30(2)10-18-34)37-23-25-39-40-26-24-38(28-42(40)43(5,6)41(39)27-37)45(35-19-11-31(3)12-20-35)36-21-13-32(4)14-22-36;1-19-3-13-27-28-14-4-20(2)16-30(28)31(29(27)15-19,25-11-9-21-5-7-23(21)17-25)26-12-10-22-6-8-24(22)18-26;1-19-7-5-9-23(15-19)29(24-10-6-8-20(2)16-24)27-17-21(3)11-13-25(27)26-14-12-22(4)18-28(26)29;;/h7-28H,1-6H3;3-4,9-18H,5-8H2,1-2H3;5-18H,1-4H3;2*1H4. The van der Waals surface area contributed by atoms with E-state index in [0.717, 1.165) is 22.7 Å². The van der Waals surface area contributed by atoms with Crippen molar-refractivity contribution in [2.75, 3.05) is 9.80 Å². The third-order valence-corrected chi connectivity index (χ3v) is 23.7. The monoisotopic (exact) mass is 1390 g/mol. The number of hydrogen-bond donors (Lipinski definition) is 0. The fourth-order valence-corrected chi connectivity index (χ4v) is 18.0. The second-order valence-corrected chi connectivity index (χ2v) is 31.5. The Balaban J connectivity index is 0.000000131. The minimum absolute atomic E-state index is 0. The highest BCUT2D eigenvalue weighted by molar-refractivity contribution is 5.91. The van der Waals surface area contributed by atoms with Gasteiger partial charge in [-0.1, -0.05) is 303 Å². The van der Waals surface area contributed by atoms with Crippen molar-refractivity contribution in [3.05, 3.63) is 425 Å². The van der Waals surface area contributed by atoms with Crippen LogP contribution in [0.15, 0.2) is 291 Å². The van der Waals surface area contributed by atoms with Gasteiger partial charge >= 0.3 is 0 Å². The lowest BCUT2D eigenvalue weighted by molar-refractivity contribution is 0.660. The molecule has 14 aromatic rings. The van der Waals surface area contributed by atoms with Crippen molar-refractivity contribution in [1.82, 2.24) is 0 Å². The molecule has 0 heterocycles. The Morgan fingerprint density at radius 3 is 0.720 bits per heavy atom. The molecule has 0 spiro atoms. The van der Waals surface area contributed by atoms with E-state index in [2.05, 4.69) is 384 Å². The van der Waals surface area contributed by atoms with E-state index in [1.807, 2.05) is 0 Å².